The lowest BCUT2D eigenvalue weighted by Gasteiger charge is -2.27. The summed E-state index contributed by atoms with van der Waals surface area (Å²) in [5.74, 6) is 3.26. The van der Waals surface area contributed by atoms with Crippen LogP contribution in [0.1, 0.15) is 20.3 Å². The van der Waals surface area contributed by atoms with Crippen LogP contribution < -0.4 is 9.64 Å². The summed E-state index contributed by atoms with van der Waals surface area (Å²) in [6.45, 7) is 8.24. The van der Waals surface area contributed by atoms with Gasteiger partial charge in [-0.25, -0.2) is 0 Å². The standard InChI is InChI=1S/C18H27Cl2N2O/c1-6-10-22(4,5)11-9-12-23-18-16(19)13-15(14-17(18)20)21(7-2)8-3/h1,13-14H,7-12H2,2-5H3/q+1. The van der Waals surface area contributed by atoms with Gasteiger partial charge in [0.15, 0.2) is 5.75 Å². The predicted octanol–water partition coefficient (Wildman–Crippen LogP) is 4.32. The van der Waals surface area contributed by atoms with Crippen LogP contribution in [-0.2, 0) is 0 Å². The minimum Gasteiger partial charge on any atom is -0.490 e. The second-order valence-electron chi connectivity index (χ2n) is 6.13. The molecule has 0 aromatic heterocycles. The molecule has 3 nitrogen and oxygen atoms in total. The number of hydrogen-bond acceptors (Lipinski definition) is 2. The normalized spacial score (nSPS) is 11.2. The van der Waals surface area contributed by atoms with Crippen LogP contribution in [0.15, 0.2) is 12.1 Å². The van der Waals surface area contributed by atoms with Crippen LogP contribution in [0.5, 0.6) is 5.75 Å². The molecule has 0 bridgehead atoms. The Hall–Kier alpha value is -1.08. The Morgan fingerprint density at radius 3 is 2.22 bits per heavy atom. The lowest BCUT2D eigenvalue weighted by molar-refractivity contribution is -0.883. The minimum atomic E-state index is 0.553. The zero-order chi connectivity index (χ0) is 17.5. The van der Waals surface area contributed by atoms with Gasteiger partial charge in [0.25, 0.3) is 0 Å². The number of ether oxygens (including phenoxy) is 1. The summed E-state index contributed by atoms with van der Waals surface area (Å²) in [5, 5.41) is 1.11. The Kier molecular flexibility index (Phi) is 8.05. The van der Waals surface area contributed by atoms with Gasteiger partial charge < -0.3 is 14.1 Å². The third-order valence-corrected chi connectivity index (χ3v) is 4.35. The van der Waals surface area contributed by atoms with Crippen LogP contribution in [0.25, 0.3) is 0 Å². The molecule has 23 heavy (non-hydrogen) atoms. The molecule has 0 saturated heterocycles. The molecule has 0 unspecified atom stereocenters. The molecule has 1 aromatic rings. The van der Waals surface area contributed by atoms with Crippen LogP contribution >= 0.6 is 23.2 Å². The molecule has 0 saturated carbocycles. The van der Waals surface area contributed by atoms with Crippen LogP contribution in [0.2, 0.25) is 10.0 Å². The van der Waals surface area contributed by atoms with Crippen LogP contribution in [0.4, 0.5) is 5.69 Å². The smallest absolute Gasteiger partial charge is 0.156 e. The summed E-state index contributed by atoms with van der Waals surface area (Å²) < 4.78 is 6.58. The molecule has 1 rings (SSSR count). The molecule has 1 aromatic carbocycles. The van der Waals surface area contributed by atoms with Crippen molar-refractivity contribution in [1.29, 1.82) is 0 Å². The second kappa shape index (κ2) is 9.27. The summed E-state index contributed by atoms with van der Waals surface area (Å²) in [4.78, 5) is 2.20. The summed E-state index contributed by atoms with van der Waals surface area (Å²) in [6, 6.07) is 3.82. The molecule has 0 aliphatic heterocycles. The van der Waals surface area contributed by atoms with E-state index in [1.54, 1.807) is 0 Å². The van der Waals surface area contributed by atoms with Gasteiger partial charge in [-0.3, -0.25) is 0 Å². The summed E-state index contributed by atoms with van der Waals surface area (Å²) in [7, 11) is 4.22. The van der Waals surface area contributed by atoms with Gasteiger partial charge in [0.1, 0.15) is 6.54 Å². The summed E-state index contributed by atoms with van der Waals surface area (Å²) >= 11 is 12.7. The molecular weight excluding hydrogens is 331 g/mol. The molecule has 0 heterocycles. The zero-order valence-electron chi connectivity index (χ0n) is 14.5. The fraction of sp³-hybridized carbons (Fsp3) is 0.556. The van der Waals surface area contributed by atoms with Gasteiger partial charge >= 0.3 is 0 Å². The van der Waals surface area contributed by atoms with Crippen molar-refractivity contribution in [3.8, 4) is 18.1 Å². The third kappa shape index (κ3) is 6.14. The number of benzene rings is 1. The van der Waals surface area contributed by atoms with Crippen LogP contribution in [0, 0.1) is 12.3 Å². The number of halogens is 2. The Bertz CT molecular complexity index is 525. The van der Waals surface area contributed by atoms with Crippen molar-refractivity contribution >= 4 is 28.9 Å². The van der Waals surface area contributed by atoms with E-state index in [9.17, 15) is 0 Å². The molecule has 0 radical (unpaired) electrons. The number of nitrogens with zero attached hydrogens (tertiary/aromatic N) is 2. The van der Waals surface area contributed by atoms with E-state index in [4.69, 9.17) is 34.4 Å². The summed E-state index contributed by atoms with van der Waals surface area (Å²) in [6.07, 6.45) is 6.26. The van der Waals surface area contributed by atoms with Gasteiger partial charge in [-0.05, 0) is 31.9 Å². The van der Waals surface area contributed by atoms with E-state index in [1.807, 2.05) is 12.1 Å². The zero-order valence-corrected chi connectivity index (χ0v) is 16.0. The SMILES string of the molecule is C#CC[N+](C)(C)CCCOc1c(Cl)cc(N(CC)CC)cc1Cl. The van der Waals surface area contributed by atoms with Crippen molar-refractivity contribution in [3.05, 3.63) is 22.2 Å². The van der Waals surface area contributed by atoms with Gasteiger partial charge in [0.2, 0.25) is 0 Å². The minimum absolute atomic E-state index is 0.553. The average Bonchev–Trinajstić information content (AvgIpc) is 2.46. The van der Waals surface area contributed by atoms with E-state index in [-0.39, 0.29) is 0 Å². The van der Waals surface area contributed by atoms with E-state index >= 15 is 0 Å². The Balaban J connectivity index is 2.67. The van der Waals surface area contributed by atoms with Crippen LogP contribution in [0.3, 0.4) is 0 Å². The van der Waals surface area contributed by atoms with E-state index in [1.165, 1.54) is 0 Å². The average molecular weight is 358 g/mol. The summed E-state index contributed by atoms with van der Waals surface area (Å²) in [5.41, 5.74) is 1.02. The highest BCUT2D eigenvalue weighted by atomic mass is 35.5. The molecule has 0 atom stereocenters. The van der Waals surface area contributed by atoms with E-state index < -0.39 is 0 Å². The van der Waals surface area contributed by atoms with Crippen molar-refractivity contribution in [2.75, 3.05) is 51.8 Å². The third-order valence-electron chi connectivity index (χ3n) is 3.79. The van der Waals surface area contributed by atoms with Gasteiger partial charge in [-0.1, -0.05) is 23.2 Å². The second-order valence-corrected chi connectivity index (χ2v) is 6.95. The monoisotopic (exact) mass is 357 g/mol. The Morgan fingerprint density at radius 1 is 1.17 bits per heavy atom. The molecule has 0 fully saturated rings. The molecule has 0 N–H and O–H groups in total. The van der Waals surface area contributed by atoms with Crippen molar-refractivity contribution in [1.82, 2.24) is 0 Å². The van der Waals surface area contributed by atoms with Crippen molar-refractivity contribution in [2.45, 2.75) is 20.3 Å². The van der Waals surface area contributed by atoms with E-state index in [2.05, 4.69) is 38.8 Å². The van der Waals surface area contributed by atoms with E-state index in [0.717, 1.165) is 36.2 Å². The molecule has 128 valence electrons. The highest BCUT2D eigenvalue weighted by Crippen LogP contribution is 2.37. The molecule has 0 aliphatic carbocycles. The van der Waals surface area contributed by atoms with Crippen molar-refractivity contribution < 1.29 is 9.22 Å². The van der Waals surface area contributed by atoms with Gasteiger partial charge in [-0.2, -0.15) is 0 Å². The van der Waals surface area contributed by atoms with Crippen molar-refractivity contribution in [2.24, 2.45) is 0 Å². The van der Waals surface area contributed by atoms with Gasteiger partial charge in [0.05, 0.1) is 37.3 Å². The maximum absolute atomic E-state index is 6.34. The first-order chi connectivity index (χ1) is 10.8. The van der Waals surface area contributed by atoms with Gasteiger partial charge in [0, 0.05) is 25.2 Å². The van der Waals surface area contributed by atoms with Crippen molar-refractivity contribution in [3.63, 3.8) is 0 Å². The van der Waals surface area contributed by atoms with Crippen LogP contribution in [-0.4, -0.2) is 51.4 Å². The highest BCUT2D eigenvalue weighted by Gasteiger charge is 2.15. The Labute approximate surface area is 150 Å². The first-order valence-electron chi connectivity index (χ1n) is 7.96. The lowest BCUT2D eigenvalue weighted by atomic mass is 10.2. The highest BCUT2D eigenvalue weighted by molar-refractivity contribution is 6.37. The van der Waals surface area contributed by atoms with Gasteiger partial charge in [-0.15, -0.1) is 6.42 Å². The molecule has 0 aliphatic rings. The largest absolute Gasteiger partial charge is 0.490 e. The maximum atomic E-state index is 6.34. The quantitative estimate of drug-likeness (QED) is 0.370. The number of rotatable bonds is 9. The number of terminal acetylenes is 1. The first-order valence-corrected chi connectivity index (χ1v) is 8.72. The molecular formula is C18H27Cl2N2O+. The number of quaternary nitrogens is 1. The predicted molar refractivity (Wildman–Crippen MR) is 101 cm³/mol. The first kappa shape index (κ1) is 20.0. The topological polar surface area (TPSA) is 12.5 Å². The van der Waals surface area contributed by atoms with E-state index in [0.29, 0.717) is 28.9 Å². The molecule has 0 amide bonds. The fourth-order valence-electron chi connectivity index (χ4n) is 2.45. The molecule has 0 spiro atoms. The lowest BCUT2D eigenvalue weighted by Crippen LogP contribution is -2.41. The maximum Gasteiger partial charge on any atom is 0.156 e. The number of hydrogen-bond donors (Lipinski definition) is 0. The Morgan fingerprint density at radius 2 is 1.74 bits per heavy atom. The fourth-order valence-corrected chi connectivity index (χ4v) is 3.03. The molecule has 5 heteroatoms. The number of anilines is 1.